The van der Waals surface area contributed by atoms with Crippen molar-refractivity contribution in [1.82, 2.24) is 0 Å². The van der Waals surface area contributed by atoms with Gasteiger partial charge in [0.15, 0.2) is 0 Å². The van der Waals surface area contributed by atoms with Crippen LogP contribution in [-0.2, 0) is 32.7 Å². The summed E-state index contributed by atoms with van der Waals surface area (Å²) >= 11 is 0. The topological polar surface area (TPSA) is 0 Å². The molecule has 0 nitrogen and oxygen atoms in total. The summed E-state index contributed by atoms with van der Waals surface area (Å²) in [7, 11) is 0. The zero-order valence-electron chi connectivity index (χ0n) is 7.90. The maximum absolute atomic E-state index is 3.98. The van der Waals surface area contributed by atoms with E-state index in [9.17, 15) is 0 Å². The van der Waals surface area contributed by atoms with Gasteiger partial charge in [-0.25, -0.2) is 0 Å². The van der Waals surface area contributed by atoms with Crippen LogP contribution < -0.4 is 0 Å². The largest absolute Gasteiger partial charge is 0.195 e. The molecule has 2 aromatic carbocycles. The van der Waals surface area contributed by atoms with Crippen molar-refractivity contribution >= 4 is 0 Å². The van der Waals surface area contributed by atoms with Gasteiger partial charge in [-0.15, -0.1) is 47.5 Å². The quantitative estimate of drug-likeness (QED) is 0.685. The van der Waals surface area contributed by atoms with Gasteiger partial charge in [-0.2, -0.15) is 18.6 Å². The Morgan fingerprint density at radius 3 is 2.29 bits per heavy atom. The molecule has 0 aliphatic rings. The van der Waals surface area contributed by atoms with Crippen molar-refractivity contribution in [3.05, 3.63) is 67.1 Å². The van der Waals surface area contributed by atoms with Crippen LogP contribution in [0.1, 0.15) is 5.56 Å². The minimum atomic E-state index is 0. The van der Waals surface area contributed by atoms with Gasteiger partial charge in [0.2, 0.25) is 0 Å². The fraction of sp³-hybridized carbons (Fsp3) is 0. The minimum Gasteiger partial charge on any atom is -0.195 e. The molecule has 14 heavy (non-hydrogen) atoms. The Balaban J connectivity index is 0.000000980. The molecule has 0 saturated carbocycles. The average molecular weight is 255 g/mol. The van der Waals surface area contributed by atoms with Gasteiger partial charge in [0.1, 0.15) is 0 Å². The van der Waals surface area contributed by atoms with Crippen LogP contribution in [0.3, 0.4) is 0 Å². The summed E-state index contributed by atoms with van der Waals surface area (Å²) in [6.07, 6.45) is 0. The molecule has 0 heterocycles. The predicted molar refractivity (Wildman–Crippen MR) is 55.2 cm³/mol. The van der Waals surface area contributed by atoms with E-state index in [2.05, 4.69) is 19.1 Å². The van der Waals surface area contributed by atoms with E-state index in [1.54, 1.807) is 0 Å². The van der Waals surface area contributed by atoms with Gasteiger partial charge in [0, 0.05) is 32.7 Å². The molecule has 0 N–H and O–H groups in total. The van der Waals surface area contributed by atoms with E-state index in [1.165, 1.54) is 0 Å². The molecule has 0 amide bonds. The number of rotatable bonds is 1. The maximum Gasteiger partial charge on any atom is 0 e. The first-order chi connectivity index (χ1) is 6.38. The molecule has 0 unspecified atom stereocenters. The standard InChI is InChI=1S/C13H10.Y/c1-11-7-5-6-10-13(11)12-8-3-2-4-9-12;/h2-8,10H,1H2;/q-2;. The normalized spacial score (nSPS) is 9.14. The second-order valence-electron chi connectivity index (χ2n) is 2.93. The third kappa shape index (κ3) is 2.46. The van der Waals surface area contributed by atoms with Crippen molar-refractivity contribution in [1.29, 1.82) is 0 Å². The summed E-state index contributed by atoms with van der Waals surface area (Å²) in [6.45, 7) is 3.98. The summed E-state index contributed by atoms with van der Waals surface area (Å²) in [5.74, 6) is 0. The third-order valence-electron chi connectivity index (χ3n) is 2.02. The van der Waals surface area contributed by atoms with E-state index in [1.807, 2.05) is 42.5 Å². The van der Waals surface area contributed by atoms with Gasteiger partial charge in [-0.3, -0.25) is 0 Å². The van der Waals surface area contributed by atoms with Crippen molar-refractivity contribution in [2.75, 3.05) is 0 Å². The number of hydrogen-bond acceptors (Lipinski definition) is 0. The van der Waals surface area contributed by atoms with Crippen LogP contribution >= 0.6 is 0 Å². The molecular weight excluding hydrogens is 245 g/mol. The predicted octanol–water partition coefficient (Wildman–Crippen LogP) is 3.33. The van der Waals surface area contributed by atoms with Crippen molar-refractivity contribution in [2.45, 2.75) is 0 Å². The van der Waals surface area contributed by atoms with Gasteiger partial charge in [0.05, 0.1) is 0 Å². The van der Waals surface area contributed by atoms with E-state index in [0.717, 1.165) is 16.7 Å². The minimum absolute atomic E-state index is 0. The SMILES string of the molecule is [CH2-]c1ccccc1-c1[c-]cccc1.[Y]. The van der Waals surface area contributed by atoms with Gasteiger partial charge < -0.3 is 0 Å². The molecule has 0 atom stereocenters. The second kappa shape index (κ2) is 5.33. The number of benzene rings is 2. The smallest absolute Gasteiger partial charge is 0 e. The van der Waals surface area contributed by atoms with Crippen molar-refractivity contribution < 1.29 is 32.7 Å². The molecule has 0 bridgehead atoms. The molecule has 0 aliphatic heterocycles. The Kier molecular flexibility index (Phi) is 4.38. The van der Waals surface area contributed by atoms with Gasteiger partial charge in [-0.05, 0) is 0 Å². The molecule has 1 heteroatoms. The summed E-state index contributed by atoms with van der Waals surface area (Å²) in [5.41, 5.74) is 3.31. The summed E-state index contributed by atoms with van der Waals surface area (Å²) in [4.78, 5) is 0. The van der Waals surface area contributed by atoms with Crippen molar-refractivity contribution in [2.24, 2.45) is 0 Å². The van der Waals surface area contributed by atoms with Crippen LogP contribution in [0.15, 0.2) is 48.5 Å². The molecule has 0 aliphatic carbocycles. The first kappa shape index (κ1) is 11.5. The molecular formula is C13H10Y-2. The molecule has 0 saturated heterocycles. The summed E-state index contributed by atoms with van der Waals surface area (Å²) < 4.78 is 0. The van der Waals surface area contributed by atoms with Crippen LogP contribution in [0.5, 0.6) is 0 Å². The van der Waals surface area contributed by atoms with E-state index in [-0.39, 0.29) is 32.7 Å². The molecule has 67 valence electrons. The molecule has 0 fully saturated rings. The zero-order valence-corrected chi connectivity index (χ0v) is 10.7. The Bertz CT molecular complexity index is 393. The van der Waals surface area contributed by atoms with E-state index < -0.39 is 0 Å². The summed E-state index contributed by atoms with van der Waals surface area (Å²) in [5, 5.41) is 0. The van der Waals surface area contributed by atoms with Gasteiger partial charge in [-0.1, -0.05) is 12.1 Å². The third-order valence-corrected chi connectivity index (χ3v) is 2.02. The van der Waals surface area contributed by atoms with Crippen LogP contribution in [0.4, 0.5) is 0 Å². The molecule has 0 spiro atoms. The van der Waals surface area contributed by atoms with Crippen molar-refractivity contribution in [3.63, 3.8) is 0 Å². The van der Waals surface area contributed by atoms with Crippen LogP contribution in [-0.4, -0.2) is 0 Å². The second-order valence-corrected chi connectivity index (χ2v) is 2.93. The molecule has 2 aromatic rings. The van der Waals surface area contributed by atoms with E-state index in [0.29, 0.717) is 0 Å². The average Bonchev–Trinajstić information content (AvgIpc) is 2.20. The Hall–Kier alpha value is -0.586. The van der Waals surface area contributed by atoms with Gasteiger partial charge in [0.25, 0.3) is 0 Å². The first-order valence-corrected chi connectivity index (χ1v) is 4.26. The fourth-order valence-corrected chi connectivity index (χ4v) is 1.34. The molecule has 2 rings (SSSR count). The fourth-order valence-electron chi connectivity index (χ4n) is 1.34. The zero-order chi connectivity index (χ0) is 9.10. The Morgan fingerprint density at radius 1 is 0.929 bits per heavy atom. The van der Waals surface area contributed by atoms with Gasteiger partial charge >= 0.3 is 0 Å². The van der Waals surface area contributed by atoms with Crippen LogP contribution in [0.25, 0.3) is 11.1 Å². The van der Waals surface area contributed by atoms with Crippen molar-refractivity contribution in [3.8, 4) is 11.1 Å². The monoisotopic (exact) mass is 255 g/mol. The Morgan fingerprint density at radius 2 is 1.64 bits per heavy atom. The molecule has 0 aromatic heterocycles. The molecule has 1 radical (unpaired) electrons. The first-order valence-electron chi connectivity index (χ1n) is 4.26. The Labute approximate surface area is 110 Å². The number of hydrogen-bond donors (Lipinski definition) is 0. The van der Waals surface area contributed by atoms with E-state index >= 15 is 0 Å². The maximum atomic E-state index is 3.98. The summed E-state index contributed by atoms with van der Waals surface area (Å²) in [6, 6.07) is 19.2. The van der Waals surface area contributed by atoms with Crippen LogP contribution in [0, 0.1) is 13.0 Å². The van der Waals surface area contributed by atoms with E-state index in [4.69, 9.17) is 0 Å². The van der Waals surface area contributed by atoms with Crippen LogP contribution in [0.2, 0.25) is 0 Å².